The normalized spacial score (nSPS) is 15.2. The van der Waals surface area contributed by atoms with E-state index in [2.05, 4.69) is 68.3 Å². The SMILES string of the molecule is Cc1cc(C)c(NC(=O)CN2CCN(c3cccc(Br)c3)CC2)c(C)c1. The number of aryl methyl sites for hydroxylation is 3. The van der Waals surface area contributed by atoms with Gasteiger partial charge in [0, 0.05) is 42.0 Å². The van der Waals surface area contributed by atoms with Gasteiger partial charge in [-0.25, -0.2) is 0 Å². The van der Waals surface area contributed by atoms with Gasteiger partial charge in [-0.05, 0) is 50.1 Å². The number of hydrogen-bond acceptors (Lipinski definition) is 3. The fourth-order valence-corrected chi connectivity index (χ4v) is 3.98. The molecule has 0 aliphatic carbocycles. The van der Waals surface area contributed by atoms with E-state index in [-0.39, 0.29) is 5.91 Å². The van der Waals surface area contributed by atoms with Gasteiger partial charge in [0.05, 0.1) is 6.54 Å². The molecule has 26 heavy (non-hydrogen) atoms. The molecule has 2 aromatic rings. The van der Waals surface area contributed by atoms with E-state index >= 15 is 0 Å². The molecule has 1 fully saturated rings. The number of halogens is 1. The molecule has 0 atom stereocenters. The second-order valence-electron chi connectivity index (χ2n) is 7.06. The third-order valence-electron chi connectivity index (χ3n) is 4.85. The van der Waals surface area contributed by atoms with Crippen molar-refractivity contribution in [2.75, 3.05) is 42.9 Å². The van der Waals surface area contributed by atoms with Crippen LogP contribution in [0.15, 0.2) is 40.9 Å². The molecule has 3 rings (SSSR count). The van der Waals surface area contributed by atoms with E-state index in [4.69, 9.17) is 0 Å². The highest BCUT2D eigenvalue weighted by atomic mass is 79.9. The van der Waals surface area contributed by atoms with Gasteiger partial charge in [0.15, 0.2) is 0 Å². The fourth-order valence-electron chi connectivity index (χ4n) is 3.60. The molecule has 0 aromatic heterocycles. The number of hydrogen-bond donors (Lipinski definition) is 1. The second kappa shape index (κ2) is 8.23. The zero-order valence-corrected chi connectivity index (χ0v) is 17.3. The van der Waals surface area contributed by atoms with Crippen molar-refractivity contribution < 1.29 is 4.79 Å². The van der Waals surface area contributed by atoms with Gasteiger partial charge in [-0.1, -0.05) is 39.7 Å². The number of nitrogens with zero attached hydrogens (tertiary/aromatic N) is 2. The summed E-state index contributed by atoms with van der Waals surface area (Å²) in [6, 6.07) is 12.6. The molecule has 1 aliphatic rings. The minimum Gasteiger partial charge on any atom is -0.369 e. The molecule has 138 valence electrons. The monoisotopic (exact) mass is 415 g/mol. The lowest BCUT2D eigenvalue weighted by Crippen LogP contribution is -2.48. The predicted molar refractivity (Wildman–Crippen MR) is 112 cm³/mol. The zero-order chi connectivity index (χ0) is 18.7. The Balaban J connectivity index is 1.54. The molecule has 0 bridgehead atoms. The summed E-state index contributed by atoms with van der Waals surface area (Å²) in [4.78, 5) is 17.1. The molecule has 0 spiro atoms. The van der Waals surface area contributed by atoms with Crippen molar-refractivity contribution in [1.82, 2.24) is 4.90 Å². The number of benzene rings is 2. The van der Waals surface area contributed by atoms with Gasteiger partial charge in [0.1, 0.15) is 0 Å². The van der Waals surface area contributed by atoms with Gasteiger partial charge in [-0.2, -0.15) is 0 Å². The molecule has 1 N–H and O–H groups in total. The topological polar surface area (TPSA) is 35.6 Å². The van der Waals surface area contributed by atoms with Crippen molar-refractivity contribution in [2.45, 2.75) is 20.8 Å². The summed E-state index contributed by atoms with van der Waals surface area (Å²) in [5.74, 6) is 0.0657. The zero-order valence-electron chi connectivity index (χ0n) is 15.7. The van der Waals surface area contributed by atoms with Crippen molar-refractivity contribution >= 4 is 33.2 Å². The Morgan fingerprint density at radius 2 is 1.69 bits per heavy atom. The first-order valence-corrected chi connectivity index (χ1v) is 9.82. The number of piperazine rings is 1. The maximum absolute atomic E-state index is 12.5. The van der Waals surface area contributed by atoms with Crippen LogP contribution in [0.5, 0.6) is 0 Å². The van der Waals surface area contributed by atoms with Crippen LogP contribution in [0, 0.1) is 20.8 Å². The van der Waals surface area contributed by atoms with Crippen molar-refractivity contribution in [3.05, 3.63) is 57.6 Å². The second-order valence-corrected chi connectivity index (χ2v) is 7.98. The molecular formula is C21H26BrN3O. The van der Waals surface area contributed by atoms with Gasteiger partial charge in [-0.3, -0.25) is 9.69 Å². The Morgan fingerprint density at radius 1 is 1.04 bits per heavy atom. The summed E-state index contributed by atoms with van der Waals surface area (Å²) in [7, 11) is 0. The van der Waals surface area contributed by atoms with Crippen LogP contribution in [0.1, 0.15) is 16.7 Å². The third-order valence-corrected chi connectivity index (χ3v) is 5.35. The third kappa shape index (κ3) is 4.65. The number of nitrogens with one attached hydrogen (secondary N) is 1. The van der Waals surface area contributed by atoms with Crippen molar-refractivity contribution in [3.8, 4) is 0 Å². The van der Waals surface area contributed by atoms with Gasteiger partial charge in [0.25, 0.3) is 0 Å². The van der Waals surface area contributed by atoms with Gasteiger partial charge in [-0.15, -0.1) is 0 Å². The molecule has 0 unspecified atom stereocenters. The highest BCUT2D eigenvalue weighted by molar-refractivity contribution is 9.10. The smallest absolute Gasteiger partial charge is 0.238 e. The Morgan fingerprint density at radius 3 is 2.31 bits per heavy atom. The first-order chi connectivity index (χ1) is 12.4. The van der Waals surface area contributed by atoms with E-state index in [9.17, 15) is 4.79 Å². The van der Waals surface area contributed by atoms with Crippen LogP contribution in [0.2, 0.25) is 0 Å². The molecule has 5 heteroatoms. The highest BCUT2D eigenvalue weighted by Crippen LogP contribution is 2.23. The van der Waals surface area contributed by atoms with Crippen LogP contribution in [-0.2, 0) is 4.79 Å². The van der Waals surface area contributed by atoms with Crippen LogP contribution in [0.4, 0.5) is 11.4 Å². The number of amides is 1. The van der Waals surface area contributed by atoms with Crippen molar-refractivity contribution in [3.63, 3.8) is 0 Å². The molecule has 0 radical (unpaired) electrons. The first-order valence-electron chi connectivity index (χ1n) is 9.03. The van der Waals surface area contributed by atoms with Crippen LogP contribution < -0.4 is 10.2 Å². The van der Waals surface area contributed by atoms with Crippen LogP contribution in [0.3, 0.4) is 0 Å². The molecule has 0 saturated carbocycles. The quantitative estimate of drug-likeness (QED) is 0.814. The lowest BCUT2D eigenvalue weighted by molar-refractivity contribution is -0.117. The molecular weight excluding hydrogens is 390 g/mol. The van der Waals surface area contributed by atoms with Gasteiger partial charge >= 0.3 is 0 Å². The van der Waals surface area contributed by atoms with Crippen LogP contribution >= 0.6 is 15.9 Å². The predicted octanol–water partition coefficient (Wildman–Crippen LogP) is 4.14. The Hall–Kier alpha value is -1.85. The van der Waals surface area contributed by atoms with Crippen molar-refractivity contribution in [2.24, 2.45) is 0 Å². The molecule has 2 aromatic carbocycles. The molecule has 1 aliphatic heterocycles. The summed E-state index contributed by atoms with van der Waals surface area (Å²) in [6.45, 7) is 10.3. The maximum Gasteiger partial charge on any atom is 0.238 e. The molecule has 1 heterocycles. The number of carbonyl (C=O) groups is 1. The largest absolute Gasteiger partial charge is 0.369 e. The fraction of sp³-hybridized carbons (Fsp3) is 0.381. The van der Waals surface area contributed by atoms with Crippen molar-refractivity contribution in [1.29, 1.82) is 0 Å². The molecule has 1 saturated heterocycles. The standard InChI is InChI=1S/C21H26BrN3O/c1-15-11-16(2)21(17(3)12-15)23-20(26)14-24-7-9-25(10-8-24)19-6-4-5-18(22)13-19/h4-6,11-13H,7-10,14H2,1-3H3,(H,23,26). The Bertz CT molecular complexity index is 775. The maximum atomic E-state index is 12.5. The molecule has 1 amide bonds. The summed E-state index contributed by atoms with van der Waals surface area (Å²) in [5, 5.41) is 3.10. The van der Waals surface area contributed by atoms with E-state index in [1.54, 1.807) is 0 Å². The van der Waals surface area contributed by atoms with E-state index in [1.807, 2.05) is 19.9 Å². The van der Waals surface area contributed by atoms with Gasteiger partial charge in [0.2, 0.25) is 5.91 Å². The highest BCUT2D eigenvalue weighted by Gasteiger charge is 2.20. The Labute approximate surface area is 164 Å². The summed E-state index contributed by atoms with van der Waals surface area (Å²) in [5.41, 5.74) is 5.65. The average Bonchev–Trinajstić information content (AvgIpc) is 2.59. The van der Waals surface area contributed by atoms with E-state index in [0.717, 1.165) is 47.5 Å². The number of anilines is 2. The lowest BCUT2D eigenvalue weighted by Gasteiger charge is -2.35. The summed E-state index contributed by atoms with van der Waals surface area (Å²) in [6.07, 6.45) is 0. The molecule has 4 nitrogen and oxygen atoms in total. The van der Waals surface area contributed by atoms with Crippen LogP contribution in [-0.4, -0.2) is 43.5 Å². The Kier molecular flexibility index (Phi) is 5.99. The van der Waals surface area contributed by atoms with Crippen LogP contribution in [0.25, 0.3) is 0 Å². The van der Waals surface area contributed by atoms with E-state index in [0.29, 0.717) is 6.54 Å². The van der Waals surface area contributed by atoms with E-state index in [1.165, 1.54) is 11.3 Å². The number of carbonyl (C=O) groups excluding carboxylic acids is 1. The lowest BCUT2D eigenvalue weighted by atomic mass is 10.1. The summed E-state index contributed by atoms with van der Waals surface area (Å²) < 4.78 is 1.10. The summed E-state index contributed by atoms with van der Waals surface area (Å²) >= 11 is 3.53. The van der Waals surface area contributed by atoms with E-state index < -0.39 is 0 Å². The average molecular weight is 416 g/mol. The van der Waals surface area contributed by atoms with Gasteiger partial charge < -0.3 is 10.2 Å². The minimum absolute atomic E-state index is 0.0657. The number of rotatable bonds is 4. The minimum atomic E-state index is 0.0657. The first kappa shape index (κ1) is 18.9.